The van der Waals surface area contributed by atoms with Gasteiger partial charge < -0.3 is 5.32 Å². The maximum atomic E-state index is 3.40. The van der Waals surface area contributed by atoms with Crippen LogP contribution in [0.5, 0.6) is 0 Å². The van der Waals surface area contributed by atoms with Crippen LogP contribution >= 0.6 is 0 Å². The predicted octanol–water partition coefficient (Wildman–Crippen LogP) is 1.08. The van der Waals surface area contributed by atoms with E-state index in [1.807, 2.05) is 0 Å². The third-order valence-corrected chi connectivity index (χ3v) is 2.71. The van der Waals surface area contributed by atoms with Crippen LogP contribution in [0.25, 0.3) is 0 Å². The minimum Gasteiger partial charge on any atom is -0.314 e. The Morgan fingerprint density at radius 1 is 1.64 bits per heavy atom. The largest absolute Gasteiger partial charge is 0.314 e. The van der Waals surface area contributed by atoms with Crippen LogP contribution in [-0.4, -0.2) is 36.6 Å². The van der Waals surface area contributed by atoms with Crippen LogP contribution < -0.4 is 5.32 Å². The molecule has 66 valence electrons. The lowest BCUT2D eigenvalue weighted by Crippen LogP contribution is -2.52. The molecule has 0 unspecified atom stereocenters. The number of hydrogen-bond donors (Lipinski definition) is 1. The highest BCUT2D eigenvalue weighted by Gasteiger charge is 2.20. The van der Waals surface area contributed by atoms with Crippen molar-refractivity contribution >= 4 is 0 Å². The second-order valence-corrected chi connectivity index (χ2v) is 3.55. The summed E-state index contributed by atoms with van der Waals surface area (Å²) in [5, 5.41) is 3.40. The van der Waals surface area contributed by atoms with Crippen LogP contribution in [0.4, 0.5) is 0 Å². The zero-order valence-corrected chi connectivity index (χ0v) is 7.93. The molecule has 0 radical (unpaired) electrons. The highest BCUT2D eigenvalue weighted by molar-refractivity contribution is 4.79. The summed E-state index contributed by atoms with van der Waals surface area (Å²) < 4.78 is 0. The lowest BCUT2D eigenvalue weighted by atomic mass is 10.1. The van der Waals surface area contributed by atoms with Crippen molar-refractivity contribution in [2.75, 3.05) is 19.6 Å². The fourth-order valence-electron chi connectivity index (χ4n) is 1.75. The Morgan fingerprint density at radius 2 is 2.36 bits per heavy atom. The van der Waals surface area contributed by atoms with Crippen molar-refractivity contribution in [2.24, 2.45) is 0 Å². The Kier molecular flexibility index (Phi) is 3.34. The van der Waals surface area contributed by atoms with Crippen molar-refractivity contribution < 1.29 is 0 Å². The van der Waals surface area contributed by atoms with E-state index in [2.05, 4.69) is 31.0 Å². The van der Waals surface area contributed by atoms with Crippen LogP contribution in [0.3, 0.4) is 0 Å². The van der Waals surface area contributed by atoms with Crippen LogP contribution in [0, 0.1) is 0 Å². The molecule has 0 aromatic heterocycles. The van der Waals surface area contributed by atoms with Gasteiger partial charge >= 0.3 is 0 Å². The van der Waals surface area contributed by atoms with Crippen LogP contribution in [0.1, 0.15) is 27.2 Å². The van der Waals surface area contributed by atoms with Gasteiger partial charge in [-0.25, -0.2) is 0 Å². The van der Waals surface area contributed by atoms with Gasteiger partial charge in [0.1, 0.15) is 0 Å². The van der Waals surface area contributed by atoms with E-state index in [1.54, 1.807) is 0 Å². The third kappa shape index (κ3) is 2.17. The summed E-state index contributed by atoms with van der Waals surface area (Å²) in [6.07, 6.45) is 1.27. The first-order chi connectivity index (χ1) is 5.25. The van der Waals surface area contributed by atoms with Crippen molar-refractivity contribution in [1.82, 2.24) is 10.2 Å². The van der Waals surface area contributed by atoms with E-state index in [0.29, 0.717) is 0 Å². The van der Waals surface area contributed by atoms with E-state index in [1.165, 1.54) is 13.0 Å². The van der Waals surface area contributed by atoms with E-state index in [0.717, 1.165) is 25.2 Å². The molecule has 0 saturated carbocycles. The Labute approximate surface area is 70.0 Å². The van der Waals surface area contributed by atoms with Gasteiger partial charge in [0.2, 0.25) is 0 Å². The molecule has 0 aromatic carbocycles. The number of nitrogens with zero attached hydrogens (tertiary/aromatic N) is 1. The van der Waals surface area contributed by atoms with Crippen LogP contribution in [0.15, 0.2) is 0 Å². The van der Waals surface area contributed by atoms with Crippen molar-refractivity contribution in [3.8, 4) is 0 Å². The van der Waals surface area contributed by atoms with Crippen molar-refractivity contribution in [3.05, 3.63) is 0 Å². The van der Waals surface area contributed by atoms with E-state index in [9.17, 15) is 0 Å². The first-order valence-corrected chi connectivity index (χ1v) is 4.72. The summed E-state index contributed by atoms with van der Waals surface area (Å²) in [4.78, 5) is 2.59. The molecule has 1 rings (SSSR count). The molecule has 1 aliphatic heterocycles. The third-order valence-electron chi connectivity index (χ3n) is 2.71. The zero-order valence-electron chi connectivity index (χ0n) is 7.93. The monoisotopic (exact) mass is 156 g/mol. The maximum absolute atomic E-state index is 3.40. The van der Waals surface area contributed by atoms with Crippen LogP contribution in [-0.2, 0) is 0 Å². The average Bonchev–Trinajstić information content (AvgIpc) is 2.04. The summed E-state index contributed by atoms with van der Waals surface area (Å²) in [7, 11) is 0. The standard InChI is InChI=1S/C9H20N2/c1-4-8(2)11-6-5-10-7-9(11)3/h8-10H,4-7H2,1-3H3/t8-,9-/m0/s1. The molecule has 0 bridgehead atoms. The smallest absolute Gasteiger partial charge is 0.0195 e. The molecule has 2 nitrogen and oxygen atoms in total. The average molecular weight is 156 g/mol. The molecule has 1 fully saturated rings. The molecule has 1 saturated heterocycles. The van der Waals surface area contributed by atoms with Crippen molar-refractivity contribution in [1.29, 1.82) is 0 Å². The van der Waals surface area contributed by atoms with Gasteiger partial charge in [-0.1, -0.05) is 6.92 Å². The Hall–Kier alpha value is -0.0800. The summed E-state index contributed by atoms with van der Waals surface area (Å²) in [6, 6.07) is 1.48. The molecular weight excluding hydrogens is 136 g/mol. The molecule has 1 aliphatic rings. The molecule has 0 amide bonds. The van der Waals surface area contributed by atoms with Gasteiger partial charge in [0.25, 0.3) is 0 Å². The fraction of sp³-hybridized carbons (Fsp3) is 1.00. The highest BCUT2D eigenvalue weighted by Crippen LogP contribution is 2.09. The second kappa shape index (κ2) is 4.07. The maximum Gasteiger partial charge on any atom is 0.0195 e. The predicted molar refractivity (Wildman–Crippen MR) is 48.8 cm³/mol. The van der Waals surface area contributed by atoms with Gasteiger partial charge in [-0.15, -0.1) is 0 Å². The van der Waals surface area contributed by atoms with E-state index in [4.69, 9.17) is 0 Å². The molecule has 0 aromatic rings. The summed E-state index contributed by atoms with van der Waals surface area (Å²) in [6.45, 7) is 10.4. The molecule has 2 heteroatoms. The molecule has 1 heterocycles. The normalized spacial score (nSPS) is 30.3. The second-order valence-electron chi connectivity index (χ2n) is 3.55. The van der Waals surface area contributed by atoms with Gasteiger partial charge in [-0.2, -0.15) is 0 Å². The number of nitrogens with one attached hydrogen (secondary N) is 1. The Balaban J connectivity index is 2.40. The fourth-order valence-corrected chi connectivity index (χ4v) is 1.75. The van der Waals surface area contributed by atoms with Gasteiger partial charge in [-0.3, -0.25) is 4.90 Å². The molecule has 2 atom stereocenters. The molecular formula is C9H20N2. The summed E-state index contributed by atoms with van der Waals surface area (Å²) in [5.41, 5.74) is 0. The van der Waals surface area contributed by atoms with Gasteiger partial charge in [0, 0.05) is 31.7 Å². The van der Waals surface area contributed by atoms with Crippen molar-refractivity contribution in [3.63, 3.8) is 0 Å². The minimum absolute atomic E-state index is 0.721. The number of piperazine rings is 1. The Bertz CT molecular complexity index is 110. The Morgan fingerprint density at radius 3 is 2.91 bits per heavy atom. The molecule has 0 aliphatic carbocycles. The van der Waals surface area contributed by atoms with Gasteiger partial charge in [0.05, 0.1) is 0 Å². The SMILES string of the molecule is CC[C@H](C)N1CCNC[C@@H]1C. The van der Waals surface area contributed by atoms with Crippen LogP contribution in [0.2, 0.25) is 0 Å². The summed E-state index contributed by atoms with van der Waals surface area (Å²) in [5.74, 6) is 0. The minimum atomic E-state index is 0.721. The molecule has 0 spiro atoms. The van der Waals surface area contributed by atoms with E-state index < -0.39 is 0 Å². The van der Waals surface area contributed by atoms with Crippen molar-refractivity contribution in [2.45, 2.75) is 39.3 Å². The number of hydrogen-bond acceptors (Lipinski definition) is 2. The summed E-state index contributed by atoms with van der Waals surface area (Å²) >= 11 is 0. The lowest BCUT2D eigenvalue weighted by molar-refractivity contribution is 0.123. The van der Waals surface area contributed by atoms with Gasteiger partial charge in [-0.05, 0) is 20.3 Å². The first kappa shape index (κ1) is 9.01. The number of rotatable bonds is 2. The molecule has 1 N–H and O–H groups in total. The lowest BCUT2D eigenvalue weighted by Gasteiger charge is -2.38. The van der Waals surface area contributed by atoms with E-state index >= 15 is 0 Å². The first-order valence-electron chi connectivity index (χ1n) is 4.72. The zero-order chi connectivity index (χ0) is 8.27. The molecule has 11 heavy (non-hydrogen) atoms. The van der Waals surface area contributed by atoms with Gasteiger partial charge in [0.15, 0.2) is 0 Å². The van der Waals surface area contributed by atoms with E-state index in [-0.39, 0.29) is 0 Å². The highest BCUT2D eigenvalue weighted by atomic mass is 15.2. The quantitative estimate of drug-likeness (QED) is 0.643. The topological polar surface area (TPSA) is 15.3 Å².